The molecule has 57 heavy (non-hydrogen) atoms. The summed E-state index contributed by atoms with van der Waals surface area (Å²) in [6, 6.07) is 0. The van der Waals surface area contributed by atoms with E-state index in [1.165, 1.54) is 103 Å². The minimum absolute atomic E-state index is 0.323. The number of allylic oxidation sites excluding steroid dienone is 1. The number of ether oxygens (including phenoxy) is 10. The van der Waals surface area contributed by atoms with Gasteiger partial charge in [-0.2, -0.15) is 0 Å². The fraction of sp³-hybridized carbons (Fsp3) is 0.935. The third-order valence-electron chi connectivity index (χ3n) is 9.67. The number of aldehydes is 1. The van der Waals surface area contributed by atoms with Crippen LogP contribution in [0.15, 0.2) is 12.7 Å². The van der Waals surface area contributed by atoms with Crippen molar-refractivity contribution in [2.45, 2.75) is 142 Å². The molecule has 11 nitrogen and oxygen atoms in total. The van der Waals surface area contributed by atoms with Gasteiger partial charge in [0.15, 0.2) is 0 Å². The minimum Gasteiger partial charge on any atom is -0.379 e. The molecule has 0 aromatic heterocycles. The lowest BCUT2D eigenvalue weighted by molar-refractivity contribution is -0.114. The van der Waals surface area contributed by atoms with Gasteiger partial charge in [0.1, 0.15) is 6.29 Å². The van der Waals surface area contributed by atoms with Crippen LogP contribution in [0.5, 0.6) is 0 Å². The molecule has 0 atom stereocenters. The first-order valence-electron chi connectivity index (χ1n) is 23.1. The molecule has 0 saturated heterocycles. The lowest BCUT2D eigenvalue weighted by atomic mass is 9.83. The average Bonchev–Trinajstić information content (AvgIpc) is 3.21. The van der Waals surface area contributed by atoms with E-state index in [1.807, 2.05) is 6.08 Å². The van der Waals surface area contributed by atoms with Gasteiger partial charge >= 0.3 is 0 Å². The number of hydrogen-bond donors (Lipinski definition) is 0. The number of carbonyl (C=O) groups excluding carboxylic acids is 1. The molecule has 0 amide bonds. The highest BCUT2D eigenvalue weighted by Crippen LogP contribution is 2.27. The second kappa shape index (κ2) is 49.4. The maximum absolute atomic E-state index is 11.5. The Morgan fingerprint density at radius 1 is 0.333 bits per heavy atom. The van der Waals surface area contributed by atoms with Crippen molar-refractivity contribution >= 4 is 6.29 Å². The zero-order chi connectivity index (χ0) is 41.3. The van der Waals surface area contributed by atoms with Gasteiger partial charge in [0.25, 0.3) is 0 Å². The van der Waals surface area contributed by atoms with Gasteiger partial charge in [-0.1, -0.05) is 123 Å². The van der Waals surface area contributed by atoms with Crippen molar-refractivity contribution in [2.75, 3.05) is 132 Å². The Kier molecular flexibility index (Phi) is 48.5. The topological polar surface area (TPSA) is 109 Å². The van der Waals surface area contributed by atoms with Crippen molar-refractivity contribution in [3.63, 3.8) is 0 Å². The van der Waals surface area contributed by atoms with E-state index in [0.29, 0.717) is 132 Å². The first-order chi connectivity index (χ1) is 28.2. The molecule has 0 aliphatic carbocycles. The van der Waals surface area contributed by atoms with Crippen LogP contribution in [0.3, 0.4) is 0 Å². The van der Waals surface area contributed by atoms with E-state index in [0.717, 1.165) is 32.3 Å². The first-order valence-corrected chi connectivity index (χ1v) is 23.1. The number of hydrogen-bond acceptors (Lipinski definition) is 11. The second-order valence-electron chi connectivity index (χ2n) is 15.0. The van der Waals surface area contributed by atoms with Gasteiger partial charge in [0, 0.05) is 25.0 Å². The Labute approximate surface area is 350 Å². The predicted molar refractivity (Wildman–Crippen MR) is 231 cm³/mol. The third-order valence-corrected chi connectivity index (χ3v) is 9.67. The highest BCUT2D eigenvalue weighted by molar-refractivity contribution is 5.51. The Hall–Kier alpha value is -0.990. The number of unbranched alkanes of at least 4 members (excludes halogenated alkanes) is 16. The molecule has 0 N–H and O–H groups in total. The van der Waals surface area contributed by atoms with Gasteiger partial charge < -0.3 is 52.2 Å². The lowest BCUT2D eigenvalue weighted by Gasteiger charge is -2.30. The molecule has 0 radical (unpaired) electrons. The van der Waals surface area contributed by atoms with Gasteiger partial charge in [-0.25, -0.2) is 0 Å². The van der Waals surface area contributed by atoms with E-state index >= 15 is 0 Å². The average molecular weight is 819 g/mol. The maximum Gasteiger partial charge on any atom is 0.120 e. The summed E-state index contributed by atoms with van der Waals surface area (Å²) in [6.07, 6.45) is 27.4. The summed E-state index contributed by atoms with van der Waals surface area (Å²) in [6.45, 7) is 19.0. The molecule has 340 valence electrons. The second-order valence-corrected chi connectivity index (χ2v) is 15.0. The summed E-state index contributed by atoms with van der Waals surface area (Å²) in [4.78, 5) is 11.5. The molecule has 0 heterocycles. The Morgan fingerprint density at radius 2 is 0.579 bits per heavy atom. The monoisotopic (exact) mass is 819 g/mol. The summed E-state index contributed by atoms with van der Waals surface area (Å²) in [5.74, 6) is 0. The van der Waals surface area contributed by atoms with Crippen molar-refractivity contribution in [1.29, 1.82) is 0 Å². The molecular weight excluding hydrogens is 728 g/mol. The summed E-state index contributed by atoms with van der Waals surface area (Å²) in [5.41, 5.74) is -0.466. The molecule has 0 rings (SSSR count). The fourth-order valence-corrected chi connectivity index (χ4v) is 6.21. The van der Waals surface area contributed by atoms with Crippen LogP contribution in [-0.4, -0.2) is 138 Å². The molecule has 0 aliphatic rings. The van der Waals surface area contributed by atoms with Crippen LogP contribution in [0.1, 0.15) is 142 Å². The predicted octanol–water partition coefficient (Wildman–Crippen LogP) is 9.37. The molecule has 0 fully saturated rings. The lowest BCUT2D eigenvalue weighted by Crippen LogP contribution is -2.34. The van der Waals surface area contributed by atoms with Crippen molar-refractivity contribution in [3.8, 4) is 0 Å². The Balaban J connectivity index is 3.59. The van der Waals surface area contributed by atoms with Crippen LogP contribution in [0, 0.1) is 5.41 Å². The van der Waals surface area contributed by atoms with Gasteiger partial charge in [-0.3, -0.25) is 0 Å². The maximum atomic E-state index is 11.5. The van der Waals surface area contributed by atoms with Crippen molar-refractivity contribution < 1.29 is 52.2 Å². The summed E-state index contributed by atoms with van der Waals surface area (Å²) in [5, 5.41) is 0. The quantitative estimate of drug-likeness (QED) is 0.0333. The highest BCUT2D eigenvalue weighted by atomic mass is 16.6. The fourth-order valence-electron chi connectivity index (χ4n) is 6.21. The number of carbonyl (C=O) groups is 1. The van der Waals surface area contributed by atoms with Crippen LogP contribution in [0.25, 0.3) is 0 Å². The van der Waals surface area contributed by atoms with E-state index in [2.05, 4.69) is 20.4 Å². The molecule has 0 saturated carbocycles. The van der Waals surface area contributed by atoms with Crippen molar-refractivity contribution in [2.24, 2.45) is 5.41 Å². The van der Waals surface area contributed by atoms with E-state index in [1.54, 1.807) is 0 Å². The van der Waals surface area contributed by atoms with Crippen LogP contribution in [0.4, 0.5) is 0 Å². The molecule has 0 aromatic rings. The normalized spacial score (nSPS) is 11.8. The van der Waals surface area contributed by atoms with Crippen molar-refractivity contribution in [1.82, 2.24) is 0 Å². The molecule has 0 bridgehead atoms. The van der Waals surface area contributed by atoms with Gasteiger partial charge in [-0.05, 0) is 19.3 Å². The zero-order valence-corrected chi connectivity index (χ0v) is 37.1. The molecule has 0 unspecified atom stereocenters. The standard InChI is InChI=1S/C46H90O11/c1-4-7-9-11-13-15-17-19-21-26-48-28-30-50-32-34-52-36-38-54-40-42-56-44-46(23-6-3,24-25-47)45-57-43-41-55-39-37-53-35-33-51-31-29-49-27-22-20-18-16-14-12-10-8-5-2/h6,25H,3-5,7-24,26-45H2,1-2H3. The molecule has 0 aromatic carbocycles. The van der Waals surface area contributed by atoms with Crippen LogP contribution in [0.2, 0.25) is 0 Å². The Morgan fingerprint density at radius 3 is 0.842 bits per heavy atom. The van der Waals surface area contributed by atoms with Crippen molar-refractivity contribution in [3.05, 3.63) is 12.7 Å². The first kappa shape index (κ1) is 56.0. The number of rotatable bonds is 52. The van der Waals surface area contributed by atoms with E-state index in [4.69, 9.17) is 47.4 Å². The third kappa shape index (κ3) is 44.4. The van der Waals surface area contributed by atoms with Gasteiger partial charge in [0.05, 0.1) is 119 Å². The molecule has 11 heteroatoms. The van der Waals surface area contributed by atoms with Gasteiger partial charge in [-0.15, -0.1) is 6.58 Å². The summed E-state index contributed by atoms with van der Waals surface area (Å²) in [7, 11) is 0. The van der Waals surface area contributed by atoms with Crippen LogP contribution in [-0.2, 0) is 52.2 Å². The Bertz CT molecular complexity index is 711. The van der Waals surface area contributed by atoms with E-state index in [9.17, 15) is 4.79 Å². The molecular formula is C46H90O11. The smallest absolute Gasteiger partial charge is 0.120 e. The highest BCUT2D eigenvalue weighted by Gasteiger charge is 2.29. The minimum atomic E-state index is -0.466. The van der Waals surface area contributed by atoms with E-state index < -0.39 is 5.41 Å². The summed E-state index contributed by atoms with van der Waals surface area (Å²) >= 11 is 0. The molecule has 0 aliphatic heterocycles. The largest absolute Gasteiger partial charge is 0.379 e. The van der Waals surface area contributed by atoms with Crippen LogP contribution >= 0.6 is 0 Å². The van der Waals surface area contributed by atoms with Gasteiger partial charge in [0.2, 0.25) is 0 Å². The summed E-state index contributed by atoms with van der Waals surface area (Å²) < 4.78 is 56.7. The SMILES string of the molecule is C=CCC(CC=O)(COCCOCCOCCOCCOCCCCCCCCCCC)COCCOCCOCCOCCOCCCCCCCCCCC. The molecule has 0 spiro atoms. The van der Waals surface area contributed by atoms with Crippen LogP contribution < -0.4 is 0 Å². The zero-order valence-electron chi connectivity index (χ0n) is 37.1. The van der Waals surface area contributed by atoms with E-state index in [-0.39, 0.29) is 0 Å².